The summed E-state index contributed by atoms with van der Waals surface area (Å²) >= 11 is 0. The van der Waals surface area contributed by atoms with Crippen LogP contribution in [0.4, 0.5) is 11.4 Å². The first-order valence-electron chi connectivity index (χ1n) is 11.0. The number of hydrogen-bond donors (Lipinski definition) is 0. The SMILES string of the molecule is Cc1ccc(C2=C(N3CCOCC3)C(=O)N(c3ccc(N4CCCC4)cc3)C2=O)cc1. The van der Waals surface area contributed by atoms with Gasteiger partial charge in [0.25, 0.3) is 11.8 Å². The molecule has 31 heavy (non-hydrogen) atoms. The van der Waals surface area contributed by atoms with Crippen molar-refractivity contribution >= 4 is 28.8 Å². The number of rotatable bonds is 4. The Balaban J connectivity index is 1.51. The van der Waals surface area contributed by atoms with Gasteiger partial charge >= 0.3 is 0 Å². The molecular weight excluding hydrogens is 390 g/mol. The Kier molecular flexibility index (Phi) is 5.24. The summed E-state index contributed by atoms with van der Waals surface area (Å²) in [5.41, 5.74) is 4.62. The summed E-state index contributed by atoms with van der Waals surface area (Å²) in [6.07, 6.45) is 2.41. The van der Waals surface area contributed by atoms with Crippen molar-refractivity contribution < 1.29 is 14.3 Å². The number of carbonyl (C=O) groups excluding carboxylic acids is 2. The largest absolute Gasteiger partial charge is 0.378 e. The highest BCUT2D eigenvalue weighted by atomic mass is 16.5. The van der Waals surface area contributed by atoms with Crippen LogP contribution in [0.15, 0.2) is 54.2 Å². The quantitative estimate of drug-likeness (QED) is 0.715. The molecule has 2 aromatic carbocycles. The molecule has 0 atom stereocenters. The Hall–Kier alpha value is -3.12. The number of imide groups is 1. The summed E-state index contributed by atoms with van der Waals surface area (Å²) in [7, 11) is 0. The van der Waals surface area contributed by atoms with Crippen LogP contribution in [0.2, 0.25) is 0 Å². The molecular formula is C25H27N3O3. The summed E-state index contributed by atoms with van der Waals surface area (Å²) < 4.78 is 5.47. The molecule has 3 heterocycles. The van der Waals surface area contributed by atoms with Crippen molar-refractivity contribution in [3.63, 3.8) is 0 Å². The van der Waals surface area contributed by atoms with Crippen molar-refractivity contribution in [2.75, 3.05) is 49.2 Å². The summed E-state index contributed by atoms with van der Waals surface area (Å²) in [5.74, 6) is -0.513. The van der Waals surface area contributed by atoms with Gasteiger partial charge in [0.05, 0.1) is 24.5 Å². The van der Waals surface area contributed by atoms with Crippen molar-refractivity contribution in [1.82, 2.24) is 4.90 Å². The minimum Gasteiger partial charge on any atom is -0.378 e. The van der Waals surface area contributed by atoms with Crippen molar-refractivity contribution in [3.8, 4) is 0 Å². The van der Waals surface area contributed by atoms with E-state index in [1.54, 1.807) is 0 Å². The molecule has 5 rings (SSSR count). The van der Waals surface area contributed by atoms with E-state index >= 15 is 0 Å². The summed E-state index contributed by atoms with van der Waals surface area (Å²) in [4.78, 5) is 32.8. The van der Waals surface area contributed by atoms with Crippen LogP contribution < -0.4 is 9.80 Å². The molecule has 0 saturated carbocycles. The van der Waals surface area contributed by atoms with Gasteiger partial charge in [-0.3, -0.25) is 9.59 Å². The molecule has 0 aromatic heterocycles. The van der Waals surface area contributed by atoms with Crippen LogP contribution in [0.3, 0.4) is 0 Å². The van der Waals surface area contributed by atoms with Gasteiger partial charge in [-0.1, -0.05) is 29.8 Å². The highest BCUT2D eigenvalue weighted by Gasteiger charge is 2.42. The second kappa shape index (κ2) is 8.19. The van der Waals surface area contributed by atoms with Crippen LogP contribution in [-0.4, -0.2) is 56.1 Å². The lowest BCUT2D eigenvalue weighted by Crippen LogP contribution is -2.40. The van der Waals surface area contributed by atoms with E-state index in [1.807, 2.05) is 60.4 Å². The zero-order valence-electron chi connectivity index (χ0n) is 17.8. The molecule has 0 bridgehead atoms. The standard InChI is InChI=1S/C25H27N3O3/c1-18-4-6-19(7-5-18)22-23(27-14-16-31-17-15-27)25(30)28(24(22)29)21-10-8-20(9-11-21)26-12-2-3-13-26/h4-11H,2-3,12-17H2,1H3. The fourth-order valence-corrected chi connectivity index (χ4v) is 4.60. The maximum atomic E-state index is 13.6. The number of ether oxygens (including phenoxy) is 1. The van der Waals surface area contributed by atoms with E-state index in [0.717, 1.165) is 29.9 Å². The molecule has 3 aliphatic rings. The van der Waals surface area contributed by atoms with E-state index < -0.39 is 0 Å². The van der Waals surface area contributed by atoms with Gasteiger partial charge in [0.2, 0.25) is 0 Å². The molecule has 2 saturated heterocycles. The predicted octanol–water partition coefficient (Wildman–Crippen LogP) is 3.21. The molecule has 3 aliphatic heterocycles. The number of anilines is 2. The average Bonchev–Trinajstić information content (AvgIpc) is 3.42. The van der Waals surface area contributed by atoms with Gasteiger partial charge in [-0.05, 0) is 49.6 Å². The molecule has 6 heteroatoms. The van der Waals surface area contributed by atoms with Gasteiger partial charge in [-0.2, -0.15) is 0 Å². The second-order valence-electron chi connectivity index (χ2n) is 8.35. The van der Waals surface area contributed by atoms with Crippen LogP contribution in [0.25, 0.3) is 5.57 Å². The van der Waals surface area contributed by atoms with Crippen molar-refractivity contribution in [1.29, 1.82) is 0 Å². The highest BCUT2D eigenvalue weighted by Crippen LogP contribution is 2.36. The lowest BCUT2D eigenvalue weighted by molar-refractivity contribution is -0.121. The van der Waals surface area contributed by atoms with Gasteiger partial charge < -0.3 is 14.5 Å². The number of morpholine rings is 1. The van der Waals surface area contributed by atoms with E-state index in [1.165, 1.54) is 17.7 Å². The molecule has 0 N–H and O–H groups in total. The highest BCUT2D eigenvalue weighted by molar-refractivity contribution is 6.45. The number of hydrogen-bond acceptors (Lipinski definition) is 5. The van der Waals surface area contributed by atoms with Gasteiger partial charge in [-0.25, -0.2) is 4.90 Å². The van der Waals surface area contributed by atoms with Crippen LogP contribution in [0, 0.1) is 6.92 Å². The van der Waals surface area contributed by atoms with E-state index in [9.17, 15) is 9.59 Å². The lowest BCUT2D eigenvalue weighted by atomic mass is 10.0. The Labute approximate surface area is 182 Å². The fraction of sp³-hybridized carbons (Fsp3) is 0.360. The first-order valence-corrected chi connectivity index (χ1v) is 11.0. The van der Waals surface area contributed by atoms with E-state index in [4.69, 9.17) is 4.74 Å². The number of carbonyl (C=O) groups is 2. The Morgan fingerprint density at radius 3 is 1.97 bits per heavy atom. The molecule has 0 aliphatic carbocycles. The van der Waals surface area contributed by atoms with Gasteiger partial charge in [0.1, 0.15) is 5.70 Å². The number of amides is 2. The average molecular weight is 418 g/mol. The zero-order valence-corrected chi connectivity index (χ0v) is 17.8. The summed E-state index contributed by atoms with van der Waals surface area (Å²) in [6, 6.07) is 15.6. The van der Waals surface area contributed by atoms with Crippen molar-refractivity contribution in [2.45, 2.75) is 19.8 Å². The molecule has 0 radical (unpaired) electrons. The minimum absolute atomic E-state index is 0.253. The van der Waals surface area contributed by atoms with E-state index in [2.05, 4.69) is 4.90 Å². The molecule has 2 fully saturated rings. The van der Waals surface area contributed by atoms with Crippen LogP contribution in [-0.2, 0) is 14.3 Å². The molecule has 0 unspecified atom stereocenters. The Bertz CT molecular complexity index is 1010. The molecule has 0 spiro atoms. The monoisotopic (exact) mass is 417 g/mol. The van der Waals surface area contributed by atoms with E-state index in [-0.39, 0.29) is 11.8 Å². The van der Waals surface area contributed by atoms with Crippen LogP contribution in [0.1, 0.15) is 24.0 Å². The third-order valence-corrected chi connectivity index (χ3v) is 6.31. The van der Waals surface area contributed by atoms with Crippen LogP contribution >= 0.6 is 0 Å². The number of benzene rings is 2. The number of aryl methyl sites for hydroxylation is 1. The summed E-state index contributed by atoms with van der Waals surface area (Å²) in [5, 5.41) is 0. The molecule has 2 aromatic rings. The fourth-order valence-electron chi connectivity index (χ4n) is 4.60. The van der Waals surface area contributed by atoms with Gasteiger partial charge in [-0.15, -0.1) is 0 Å². The summed E-state index contributed by atoms with van der Waals surface area (Å²) in [6.45, 7) is 6.43. The molecule has 160 valence electrons. The zero-order chi connectivity index (χ0) is 21.4. The van der Waals surface area contributed by atoms with E-state index in [0.29, 0.717) is 43.3 Å². The minimum atomic E-state index is -0.260. The normalized spacial score (nSPS) is 19.7. The first kappa shape index (κ1) is 19.8. The second-order valence-corrected chi connectivity index (χ2v) is 8.35. The van der Waals surface area contributed by atoms with Gasteiger partial charge in [0.15, 0.2) is 0 Å². The van der Waals surface area contributed by atoms with Gasteiger partial charge in [0, 0.05) is 31.9 Å². The molecule has 6 nitrogen and oxygen atoms in total. The van der Waals surface area contributed by atoms with Crippen molar-refractivity contribution in [2.24, 2.45) is 0 Å². The third-order valence-electron chi connectivity index (χ3n) is 6.31. The number of nitrogens with zero attached hydrogens (tertiary/aromatic N) is 3. The van der Waals surface area contributed by atoms with Crippen molar-refractivity contribution in [3.05, 3.63) is 65.4 Å². The van der Waals surface area contributed by atoms with Crippen LogP contribution in [0.5, 0.6) is 0 Å². The topological polar surface area (TPSA) is 53.1 Å². The Morgan fingerprint density at radius 1 is 0.710 bits per heavy atom. The lowest BCUT2D eigenvalue weighted by Gasteiger charge is -2.29. The molecule has 2 amide bonds. The predicted molar refractivity (Wildman–Crippen MR) is 121 cm³/mol. The first-order chi connectivity index (χ1) is 15.1. The maximum absolute atomic E-state index is 13.6. The smallest absolute Gasteiger partial charge is 0.282 e. The Morgan fingerprint density at radius 2 is 1.32 bits per heavy atom. The third kappa shape index (κ3) is 3.61. The maximum Gasteiger partial charge on any atom is 0.282 e.